The molecule has 8 heteroatoms. The average Bonchev–Trinajstić information content (AvgIpc) is 3.53. The normalized spacial score (nSPS) is 21.1. The highest BCUT2D eigenvalue weighted by Gasteiger charge is 2.31. The van der Waals surface area contributed by atoms with Gasteiger partial charge in [-0.2, -0.15) is 0 Å². The van der Waals surface area contributed by atoms with Gasteiger partial charge in [-0.05, 0) is 48.6 Å². The van der Waals surface area contributed by atoms with Crippen LogP contribution in [-0.4, -0.2) is 49.9 Å². The van der Waals surface area contributed by atoms with E-state index in [9.17, 15) is 4.79 Å². The van der Waals surface area contributed by atoms with Gasteiger partial charge >= 0.3 is 0 Å². The molecule has 1 fully saturated rings. The molecule has 3 aromatic rings. The van der Waals surface area contributed by atoms with Crippen molar-refractivity contribution in [3.8, 4) is 0 Å². The van der Waals surface area contributed by atoms with Crippen molar-refractivity contribution in [3.05, 3.63) is 69.4 Å². The van der Waals surface area contributed by atoms with Crippen LogP contribution in [0.5, 0.6) is 0 Å². The molecule has 2 aromatic heterocycles. The molecule has 1 unspecified atom stereocenters. The number of H-pyrrole nitrogens is 1. The summed E-state index contributed by atoms with van der Waals surface area (Å²) in [5.41, 5.74) is 3.21. The molecule has 0 bridgehead atoms. The maximum absolute atomic E-state index is 12.6. The molecule has 0 spiro atoms. The second-order valence-corrected chi connectivity index (χ2v) is 10.7. The number of halogens is 1. The lowest BCUT2D eigenvalue weighted by molar-refractivity contribution is 0.106. The SMILES string of the molecule is O=C(C=NCC1Cc2ccccc2[C@H]1NCCOCC=C1CCCCO1)c1cc2cc(Cl)sc2[nH]1. The fourth-order valence-corrected chi connectivity index (χ4v) is 5.98. The highest BCUT2D eigenvalue weighted by molar-refractivity contribution is 7.22. The summed E-state index contributed by atoms with van der Waals surface area (Å²) in [6, 6.07) is 12.4. The van der Waals surface area contributed by atoms with Gasteiger partial charge in [-0.15, -0.1) is 11.3 Å². The van der Waals surface area contributed by atoms with E-state index < -0.39 is 0 Å². The highest BCUT2D eigenvalue weighted by Crippen LogP contribution is 2.36. The maximum atomic E-state index is 12.6. The number of benzene rings is 1. The first kappa shape index (κ1) is 24.3. The molecule has 0 radical (unpaired) electrons. The number of rotatable bonds is 10. The number of nitrogens with one attached hydrogen (secondary N) is 2. The van der Waals surface area contributed by atoms with Crippen LogP contribution in [0.25, 0.3) is 10.2 Å². The minimum atomic E-state index is -0.117. The van der Waals surface area contributed by atoms with Gasteiger partial charge in [0.25, 0.3) is 0 Å². The molecule has 2 N–H and O–H groups in total. The molecule has 1 aliphatic carbocycles. The molecule has 5 rings (SSSR count). The second-order valence-electron chi connectivity index (χ2n) is 9.02. The standard InChI is InChI=1S/C27H30ClN3O3S/c28-25-15-19-14-23(31-27(19)35-25)24(32)17-29-16-20-13-18-5-1-2-7-22(18)26(20)30-9-12-33-11-8-21-6-3-4-10-34-21/h1-2,5,7-8,14-15,17,20,26,30-31H,3-4,6,9-13,16H2/t20?,26-/m0/s1. The number of aliphatic imine (C=N–C) groups is 1. The summed E-state index contributed by atoms with van der Waals surface area (Å²) < 4.78 is 12.1. The minimum absolute atomic E-state index is 0.117. The van der Waals surface area contributed by atoms with Crippen LogP contribution in [0.3, 0.4) is 0 Å². The van der Waals surface area contributed by atoms with Crippen LogP contribution in [0.2, 0.25) is 4.34 Å². The molecular weight excluding hydrogens is 482 g/mol. The van der Waals surface area contributed by atoms with Gasteiger partial charge in [0, 0.05) is 36.9 Å². The largest absolute Gasteiger partial charge is 0.498 e. The Morgan fingerprint density at radius 1 is 1.31 bits per heavy atom. The Bertz CT molecular complexity index is 1190. The van der Waals surface area contributed by atoms with Gasteiger partial charge < -0.3 is 19.8 Å². The van der Waals surface area contributed by atoms with Crippen molar-refractivity contribution in [1.29, 1.82) is 0 Å². The third kappa shape index (κ3) is 6.04. The molecule has 1 saturated heterocycles. The monoisotopic (exact) mass is 511 g/mol. The van der Waals surface area contributed by atoms with E-state index in [-0.39, 0.29) is 11.8 Å². The quantitative estimate of drug-likeness (QED) is 0.207. The van der Waals surface area contributed by atoms with Crippen LogP contribution >= 0.6 is 22.9 Å². The van der Waals surface area contributed by atoms with E-state index in [1.807, 2.05) is 12.1 Å². The molecule has 0 amide bonds. The van der Waals surface area contributed by atoms with Gasteiger partial charge in [0.05, 0.1) is 41.8 Å². The number of aromatic nitrogens is 1. The predicted octanol–water partition coefficient (Wildman–Crippen LogP) is 5.74. The number of carbonyl (C=O) groups excluding carboxylic acids is 1. The number of Topliss-reactive ketones (excluding diaryl/α,β-unsaturated/α-hetero) is 1. The Morgan fingerprint density at radius 3 is 3.09 bits per heavy atom. The van der Waals surface area contributed by atoms with Crippen molar-refractivity contribution in [1.82, 2.24) is 10.3 Å². The number of fused-ring (bicyclic) bond motifs is 2. The predicted molar refractivity (Wildman–Crippen MR) is 142 cm³/mol. The summed E-state index contributed by atoms with van der Waals surface area (Å²) in [7, 11) is 0. The summed E-state index contributed by atoms with van der Waals surface area (Å²) in [4.78, 5) is 21.2. The number of nitrogens with zero attached hydrogens (tertiary/aromatic N) is 1. The van der Waals surface area contributed by atoms with Crippen molar-refractivity contribution in [2.24, 2.45) is 10.9 Å². The topological polar surface area (TPSA) is 75.7 Å². The van der Waals surface area contributed by atoms with E-state index in [1.54, 1.807) is 0 Å². The van der Waals surface area contributed by atoms with Gasteiger partial charge in [-0.25, -0.2) is 0 Å². The minimum Gasteiger partial charge on any atom is -0.498 e. The first-order valence-corrected chi connectivity index (χ1v) is 13.4. The lowest BCUT2D eigenvalue weighted by atomic mass is 10.0. The van der Waals surface area contributed by atoms with Crippen molar-refractivity contribution in [2.45, 2.75) is 31.7 Å². The Labute approximate surface area is 214 Å². The van der Waals surface area contributed by atoms with Gasteiger partial charge in [0.1, 0.15) is 4.83 Å². The maximum Gasteiger partial charge on any atom is 0.219 e. The number of aromatic amines is 1. The molecular formula is C27H30ClN3O3S. The van der Waals surface area contributed by atoms with E-state index in [0.717, 1.165) is 48.4 Å². The Morgan fingerprint density at radius 2 is 2.23 bits per heavy atom. The fraction of sp³-hybridized carbons (Fsp3) is 0.407. The van der Waals surface area contributed by atoms with Gasteiger partial charge in [0.15, 0.2) is 0 Å². The van der Waals surface area contributed by atoms with Crippen LogP contribution in [-0.2, 0) is 15.9 Å². The first-order chi connectivity index (χ1) is 17.2. The molecule has 35 heavy (non-hydrogen) atoms. The van der Waals surface area contributed by atoms with Crippen molar-refractivity contribution in [2.75, 3.05) is 32.9 Å². The van der Waals surface area contributed by atoms with Crippen molar-refractivity contribution in [3.63, 3.8) is 0 Å². The van der Waals surface area contributed by atoms with E-state index in [4.69, 9.17) is 21.1 Å². The van der Waals surface area contributed by atoms with Gasteiger partial charge in [0.2, 0.25) is 5.78 Å². The van der Waals surface area contributed by atoms with Crippen molar-refractivity contribution < 1.29 is 14.3 Å². The Balaban J connectivity index is 1.13. The molecule has 1 aliphatic heterocycles. The Hall–Kier alpha value is -2.45. The molecule has 184 valence electrons. The molecule has 1 aromatic carbocycles. The number of hydrogen-bond donors (Lipinski definition) is 2. The number of ketones is 1. The summed E-state index contributed by atoms with van der Waals surface area (Å²) in [6.45, 7) is 3.37. The van der Waals surface area contributed by atoms with E-state index >= 15 is 0 Å². The second kappa shape index (κ2) is 11.5. The zero-order valence-corrected chi connectivity index (χ0v) is 21.2. The Kier molecular flexibility index (Phi) is 7.99. The number of allylic oxidation sites excluding steroid dienone is 1. The lowest BCUT2D eigenvalue weighted by Gasteiger charge is -2.21. The molecule has 2 atom stereocenters. The summed E-state index contributed by atoms with van der Waals surface area (Å²) in [5, 5.41) is 4.62. The number of carbonyl (C=O) groups is 1. The lowest BCUT2D eigenvalue weighted by Crippen LogP contribution is -2.30. The molecule has 3 heterocycles. The number of thiophene rings is 1. The van der Waals surface area contributed by atoms with E-state index in [0.29, 0.717) is 35.7 Å². The summed E-state index contributed by atoms with van der Waals surface area (Å²) >= 11 is 7.46. The van der Waals surface area contributed by atoms with Crippen LogP contribution in [0.4, 0.5) is 0 Å². The number of ether oxygens (including phenoxy) is 2. The van der Waals surface area contributed by atoms with Crippen LogP contribution in [0.15, 0.2) is 53.2 Å². The smallest absolute Gasteiger partial charge is 0.219 e. The highest BCUT2D eigenvalue weighted by atomic mass is 35.5. The first-order valence-electron chi connectivity index (χ1n) is 12.2. The average molecular weight is 512 g/mol. The van der Waals surface area contributed by atoms with Crippen molar-refractivity contribution >= 4 is 45.2 Å². The van der Waals surface area contributed by atoms with Gasteiger partial charge in [-0.1, -0.05) is 35.9 Å². The third-order valence-electron chi connectivity index (χ3n) is 6.58. The zero-order valence-electron chi connectivity index (χ0n) is 19.6. The molecule has 0 saturated carbocycles. The van der Waals surface area contributed by atoms with Gasteiger partial charge in [-0.3, -0.25) is 9.79 Å². The molecule has 2 aliphatic rings. The fourth-order valence-electron chi connectivity index (χ4n) is 4.85. The summed E-state index contributed by atoms with van der Waals surface area (Å²) in [6.07, 6.45) is 7.80. The third-order valence-corrected chi connectivity index (χ3v) is 7.78. The van der Waals surface area contributed by atoms with Crippen LogP contribution in [0, 0.1) is 5.92 Å². The van der Waals surface area contributed by atoms with Crippen LogP contribution in [0.1, 0.15) is 46.9 Å². The molecule has 6 nitrogen and oxygen atoms in total. The number of hydrogen-bond acceptors (Lipinski definition) is 6. The van der Waals surface area contributed by atoms with Crippen LogP contribution < -0.4 is 5.32 Å². The van der Waals surface area contributed by atoms with E-state index in [1.165, 1.54) is 35.1 Å². The zero-order chi connectivity index (χ0) is 24.0. The van der Waals surface area contributed by atoms with E-state index in [2.05, 4.69) is 45.6 Å². The summed E-state index contributed by atoms with van der Waals surface area (Å²) in [5.74, 6) is 1.23.